The summed E-state index contributed by atoms with van der Waals surface area (Å²) in [6.07, 6.45) is 1.88. The van der Waals surface area contributed by atoms with Crippen molar-refractivity contribution in [3.8, 4) is 5.75 Å². The van der Waals surface area contributed by atoms with Gasteiger partial charge in [0.2, 0.25) is 0 Å². The number of halogens is 2. The molecule has 1 saturated heterocycles. The fraction of sp³-hybridized carbons (Fsp3) is 0.367. The predicted molar refractivity (Wildman–Crippen MR) is 147 cm³/mol. The second kappa shape index (κ2) is 12.1. The summed E-state index contributed by atoms with van der Waals surface area (Å²) < 4.78 is 12.3. The molecule has 1 N–H and O–H groups in total. The Balaban J connectivity index is 1.40. The monoisotopic (exact) mass is 525 g/mol. The third kappa shape index (κ3) is 6.61. The van der Waals surface area contributed by atoms with E-state index in [9.17, 15) is 4.79 Å². The van der Waals surface area contributed by atoms with E-state index in [1.807, 2.05) is 54.6 Å². The number of carbonyl (C=O) groups is 1. The Morgan fingerprint density at radius 1 is 1.08 bits per heavy atom. The molecule has 0 spiro atoms. The first-order valence-electron chi connectivity index (χ1n) is 12.5. The van der Waals surface area contributed by atoms with Gasteiger partial charge in [0.1, 0.15) is 5.75 Å². The van der Waals surface area contributed by atoms with Crippen LogP contribution in [0, 0.1) is 11.8 Å². The summed E-state index contributed by atoms with van der Waals surface area (Å²) >= 11 is 12.6. The van der Waals surface area contributed by atoms with Gasteiger partial charge in [-0.2, -0.15) is 0 Å². The lowest BCUT2D eigenvalue weighted by Gasteiger charge is -2.39. The molecule has 0 bridgehead atoms. The molecular weight excluding hydrogens is 493 g/mol. The highest BCUT2D eigenvalue weighted by atomic mass is 35.5. The Kier molecular flexibility index (Phi) is 8.95. The lowest BCUT2D eigenvalue weighted by atomic mass is 9.76. The van der Waals surface area contributed by atoms with Crippen molar-refractivity contribution in [3.05, 3.63) is 93.5 Å². The van der Waals surface area contributed by atoms with Crippen LogP contribution in [-0.4, -0.2) is 19.1 Å². The fourth-order valence-corrected chi connectivity index (χ4v) is 5.39. The van der Waals surface area contributed by atoms with Crippen LogP contribution in [0.3, 0.4) is 0 Å². The Labute approximate surface area is 223 Å². The van der Waals surface area contributed by atoms with Crippen molar-refractivity contribution >= 4 is 34.8 Å². The van der Waals surface area contributed by atoms with Crippen LogP contribution in [0.1, 0.15) is 55.9 Å². The molecule has 3 atom stereocenters. The molecule has 4 nitrogen and oxygen atoms in total. The minimum absolute atomic E-state index is 0.0539. The number of rotatable bonds is 8. The Hall–Kier alpha value is -2.53. The van der Waals surface area contributed by atoms with Crippen LogP contribution in [0.4, 0.5) is 5.69 Å². The number of hydrogen-bond acceptors (Lipinski definition) is 3. The van der Waals surface area contributed by atoms with Crippen molar-refractivity contribution in [1.29, 1.82) is 0 Å². The molecule has 0 unspecified atom stereocenters. The summed E-state index contributed by atoms with van der Waals surface area (Å²) in [6, 6.07) is 21.4. The van der Waals surface area contributed by atoms with E-state index in [0.717, 1.165) is 29.7 Å². The van der Waals surface area contributed by atoms with Crippen molar-refractivity contribution in [3.63, 3.8) is 0 Å². The maximum absolute atomic E-state index is 12.4. The fourth-order valence-electron chi connectivity index (χ4n) is 4.83. The van der Waals surface area contributed by atoms with E-state index in [4.69, 9.17) is 32.7 Å². The van der Waals surface area contributed by atoms with Crippen LogP contribution in [0.5, 0.6) is 5.75 Å². The number of hydrogen-bond donors (Lipinski definition) is 1. The first-order valence-corrected chi connectivity index (χ1v) is 13.3. The zero-order chi connectivity index (χ0) is 25.7. The molecule has 1 aliphatic heterocycles. The molecule has 4 rings (SSSR count). The van der Waals surface area contributed by atoms with Crippen molar-refractivity contribution in [2.75, 3.05) is 18.5 Å². The molecule has 1 aliphatic rings. The number of nitrogens with one attached hydrogen (secondary N) is 1. The number of amides is 1. The van der Waals surface area contributed by atoms with E-state index in [1.165, 1.54) is 5.56 Å². The molecule has 3 aromatic rings. The zero-order valence-corrected chi connectivity index (χ0v) is 22.5. The number of aryl methyl sites for hydroxylation is 1. The molecule has 0 aromatic heterocycles. The maximum atomic E-state index is 12.4. The number of anilines is 1. The van der Waals surface area contributed by atoms with Gasteiger partial charge in [0.25, 0.3) is 5.91 Å². The summed E-state index contributed by atoms with van der Waals surface area (Å²) in [7, 11) is 0. The minimum Gasteiger partial charge on any atom is -0.484 e. The van der Waals surface area contributed by atoms with Crippen LogP contribution >= 0.6 is 23.2 Å². The minimum atomic E-state index is -0.193. The summed E-state index contributed by atoms with van der Waals surface area (Å²) in [4.78, 5) is 12.4. The lowest BCUT2D eigenvalue weighted by Crippen LogP contribution is -2.31. The third-order valence-corrected chi connectivity index (χ3v) is 7.45. The molecule has 190 valence electrons. The SMILES string of the molecule is CCc1ccc(NC(=O)COc2cccc([C@@H]3OC[C@@H](c4ccc(Cl)cc4Cl)C[C@H]3C(C)C)c2)cc1. The first-order chi connectivity index (χ1) is 17.3. The Morgan fingerprint density at radius 3 is 2.56 bits per heavy atom. The van der Waals surface area contributed by atoms with Crippen LogP contribution in [0.25, 0.3) is 0 Å². The van der Waals surface area contributed by atoms with Crippen molar-refractivity contribution in [1.82, 2.24) is 0 Å². The molecule has 0 radical (unpaired) electrons. The maximum Gasteiger partial charge on any atom is 0.262 e. The van der Waals surface area contributed by atoms with Gasteiger partial charge < -0.3 is 14.8 Å². The number of ether oxygens (including phenoxy) is 2. The normalized spacial score (nSPS) is 19.8. The summed E-state index contributed by atoms with van der Waals surface area (Å²) in [5.41, 5.74) is 4.13. The summed E-state index contributed by atoms with van der Waals surface area (Å²) in [5, 5.41) is 4.21. The molecule has 0 aliphatic carbocycles. The van der Waals surface area contributed by atoms with Crippen LogP contribution < -0.4 is 10.1 Å². The van der Waals surface area contributed by atoms with E-state index >= 15 is 0 Å². The Bertz CT molecular complexity index is 1180. The predicted octanol–water partition coefficient (Wildman–Crippen LogP) is 8.09. The van der Waals surface area contributed by atoms with E-state index in [1.54, 1.807) is 6.07 Å². The molecule has 6 heteroatoms. The summed E-state index contributed by atoms with van der Waals surface area (Å²) in [5.74, 6) is 1.39. The molecule has 3 aromatic carbocycles. The zero-order valence-electron chi connectivity index (χ0n) is 21.0. The molecule has 1 heterocycles. The van der Waals surface area contributed by atoms with Gasteiger partial charge in [-0.1, -0.05) is 74.3 Å². The van der Waals surface area contributed by atoms with Gasteiger partial charge in [0, 0.05) is 21.7 Å². The standard InChI is InChI=1S/C30H33Cl2NO3/c1-4-20-8-11-24(12-9-20)33-29(34)18-35-25-7-5-6-21(14-25)30-27(19(2)3)15-22(17-36-30)26-13-10-23(31)16-28(26)32/h5-14,16,19,22,27,30H,4,15,17-18H2,1-3H3,(H,33,34)/t22-,27-,30-/m0/s1. The van der Waals surface area contributed by atoms with Crippen molar-refractivity contribution in [2.24, 2.45) is 11.8 Å². The van der Waals surface area contributed by atoms with Crippen molar-refractivity contribution < 1.29 is 14.3 Å². The molecule has 1 fully saturated rings. The first kappa shape index (κ1) is 26.5. The topological polar surface area (TPSA) is 47.6 Å². The average molecular weight is 527 g/mol. The van der Waals surface area contributed by atoms with Gasteiger partial charge in [-0.25, -0.2) is 0 Å². The van der Waals surface area contributed by atoms with Gasteiger partial charge in [0.05, 0.1) is 12.7 Å². The second-order valence-electron chi connectivity index (χ2n) is 9.72. The van der Waals surface area contributed by atoms with Crippen LogP contribution in [0.15, 0.2) is 66.7 Å². The van der Waals surface area contributed by atoms with E-state index in [0.29, 0.717) is 34.2 Å². The van der Waals surface area contributed by atoms with Crippen LogP contribution in [0.2, 0.25) is 10.0 Å². The highest BCUT2D eigenvalue weighted by molar-refractivity contribution is 6.35. The van der Waals surface area contributed by atoms with E-state index < -0.39 is 0 Å². The largest absolute Gasteiger partial charge is 0.484 e. The van der Waals surface area contributed by atoms with Gasteiger partial charge >= 0.3 is 0 Å². The smallest absolute Gasteiger partial charge is 0.262 e. The second-order valence-corrected chi connectivity index (χ2v) is 10.6. The molecule has 36 heavy (non-hydrogen) atoms. The highest BCUT2D eigenvalue weighted by Crippen LogP contribution is 2.45. The molecule has 0 saturated carbocycles. The van der Waals surface area contributed by atoms with E-state index in [-0.39, 0.29) is 24.5 Å². The Morgan fingerprint density at radius 2 is 1.86 bits per heavy atom. The van der Waals surface area contributed by atoms with Gasteiger partial charge in [-0.15, -0.1) is 0 Å². The number of benzene rings is 3. The van der Waals surface area contributed by atoms with Gasteiger partial charge in [-0.3, -0.25) is 4.79 Å². The third-order valence-electron chi connectivity index (χ3n) is 6.88. The summed E-state index contributed by atoms with van der Waals surface area (Å²) in [6.45, 7) is 7.08. The average Bonchev–Trinajstić information content (AvgIpc) is 2.88. The van der Waals surface area contributed by atoms with Crippen LogP contribution in [-0.2, 0) is 16.0 Å². The van der Waals surface area contributed by atoms with E-state index in [2.05, 4.69) is 32.2 Å². The quantitative estimate of drug-likeness (QED) is 0.323. The van der Waals surface area contributed by atoms with Crippen molar-refractivity contribution in [2.45, 2.75) is 45.6 Å². The lowest BCUT2D eigenvalue weighted by molar-refractivity contribution is -0.118. The molecule has 1 amide bonds. The molecular formula is C30H33Cl2NO3. The van der Waals surface area contributed by atoms with Gasteiger partial charge in [-0.05, 0) is 77.8 Å². The van der Waals surface area contributed by atoms with Gasteiger partial charge in [0.15, 0.2) is 6.61 Å². The highest BCUT2D eigenvalue weighted by Gasteiger charge is 2.35. The number of carbonyl (C=O) groups excluding carboxylic acids is 1.